The van der Waals surface area contributed by atoms with Crippen molar-refractivity contribution in [3.63, 3.8) is 0 Å². The van der Waals surface area contributed by atoms with Crippen molar-refractivity contribution in [1.82, 2.24) is 0 Å². The van der Waals surface area contributed by atoms with E-state index in [1.807, 2.05) is 0 Å². The van der Waals surface area contributed by atoms with Gasteiger partial charge in [-0.3, -0.25) is 4.79 Å². The number of carbonyl (C=O) groups is 1. The van der Waals surface area contributed by atoms with Crippen LogP contribution in [-0.2, 0) is 16.0 Å². The Morgan fingerprint density at radius 2 is 2.12 bits per heavy atom. The number of hydrogen-bond acceptors (Lipinski definition) is 3. The van der Waals surface area contributed by atoms with Gasteiger partial charge in [0.2, 0.25) is 0 Å². The second kappa shape index (κ2) is 5.90. The predicted molar refractivity (Wildman–Crippen MR) is 56.5 cm³/mol. The van der Waals surface area contributed by atoms with Crippen LogP contribution >= 0.6 is 15.9 Å². The molecule has 0 aromatic heterocycles. The molecular weight excluding hydrogens is 305 g/mol. The molecule has 0 aliphatic heterocycles. The van der Waals surface area contributed by atoms with E-state index in [9.17, 15) is 18.0 Å². The third kappa shape index (κ3) is 3.62. The summed E-state index contributed by atoms with van der Waals surface area (Å²) in [6.07, 6.45) is -0.372. The van der Waals surface area contributed by atoms with Crippen LogP contribution in [0, 0.1) is 5.82 Å². The largest absolute Gasteiger partial charge is 0.469 e. The van der Waals surface area contributed by atoms with E-state index >= 15 is 0 Å². The van der Waals surface area contributed by atoms with Gasteiger partial charge in [-0.1, -0.05) is 0 Å². The summed E-state index contributed by atoms with van der Waals surface area (Å²) in [5.74, 6) is -1.62. The summed E-state index contributed by atoms with van der Waals surface area (Å²) >= 11 is 2.91. The number of halogens is 4. The van der Waals surface area contributed by atoms with Crippen LogP contribution < -0.4 is 4.74 Å². The molecule has 0 N–H and O–H groups in total. The van der Waals surface area contributed by atoms with Crippen LogP contribution in [0.2, 0.25) is 0 Å². The molecule has 0 heterocycles. The summed E-state index contributed by atoms with van der Waals surface area (Å²) in [6, 6.07) is 1.99. The standard InChI is InChI=1S/C10H8BrF3O3/c1-16-8(15)4-5-6(12)2-3-7(9(5)11)17-10(13)14/h2-3,10H,4H2,1H3. The third-order valence-corrected chi connectivity index (χ3v) is 2.78. The number of carbonyl (C=O) groups excluding carboxylic acids is 1. The van der Waals surface area contributed by atoms with Gasteiger partial charge in [0.05, 0.1) is 18.0 Å². The Labute approximate surface area is 104 Å². The number of methoxy groups -OCH3 is 1. The van der Waals surface area contributed by atoms with E-state index in [1.165, 1.54) is 0 Å². The molecule has 1 aromatic carbocycles. The highest BCUT2D eigenvalue weighted by Crippen LogP contribution is 2.32. The first-order valence-electron chi connectivity index (χ1n) is 4.44. The lowest BCUT2D eigenvalue weighted by molar-refractivity contribution is -0.139. The summed E-state index contributed by atoms with van der Waals surface area (Å²) in [5.41, 5.74) is -0.0880. The van der Waals surface area contributed by atoms with E-state index in [1.54, 1.807) is 0 Å². The van der Waals surface area contributed by atoms with E-state index in [4.69, 9.17) is 0 Å². The smallest absolute Gasteiger partial charge is 0.387 e. The second-order valence-corrected chi connectivity index (χ2v) is 3.76. The molecule has 0 amide bonds. The minimum Gasteiger partial charge on any atom is -0.469 e. The second-order valence-electron chi connectivity index (χ2n) is 2.97. The van der Waals surface area contributed by atoms with Gasteiger partial charge in [-0.25, -0.2) is 4.39 Å². The summed E-state index contributed by atoms with van der Waals surface area (Å²) in [6.45, 7) is -3.03. The van der Waals surface area contributed by atoms with E-state index < -0.39 is 18.4 Å². The molecule has 0 bridgehead atoms. The summed E-state index contributed by atoms with van der Waals surface area (Å²) in [5, 5.41) is 0. The molecule has 0 saturated heterocycles. The number of esters is 1. The van der Waals surface area contributed by atoms with Gasteiger partial charge in [-0.05, 0) is 28.1 Å². The van der Waals surface area contributed by atoms with E-state index in [-0.39, 0.29) is 22.2 Å². The number of benzene rings is 1. The van der Waals surface area contributed by atoms with Crippen molar-refractivity contribution in [3.05, 3.63) is 28.0 Å². The van der Waals surface area contributed by atoms with Gasteiger partial charge in [-0.15, -0.1) is 0 Å². The van der Waals surface area contributed by atoms with Crippen molar-refractivity contribution < 1.29 is 27.4 Å². The third-order valence-electron chi connectivity index (χ3n) is 1.92. The van der Waals surface area contributed by atoms with Crippen molar-refractivity contribution in [3.8, 4) is 5.75 Å². The molecule has 0 atom stereocenters. The van der Waals surface area contributed by atoms with Crippen LogP contribution in [0.25, 0.3) is 0 Å². The topological polar surface area (TPSA) is 35.5 Å². The number of alkyl halides is 2. The Balaban J connectivity index is 3.06. The number of rotatable bonds is 4. The fourth-order valence-corrected chi connectivity index (χ4v) is 1.70. The first kappa shape index (κ1) is 13.8. The lowest BCUT2D eigenvalue weighted by Crippen LogP contribution is -2.09. The molecule has 0 saturated carbocycles. The number of ether oxygens (including phenoxy) is 2. The van der Waals surface area contributed by atoms with Crippen LogP contribution in [-0.4, -0.2) is 19.7 Å². The molecule has 0 unspecified atom stereocenters. The average molecular weight is 313 g/mol. The van der Waals surface area contributed by atoms with Crippen molar-refractivity contribution in [1.29, 1.82) is 0 Å². The lowest BCUT2D eigenvalue weighted by Gasteiger charge is -2.11. The summed E-state index contributed by atoms with van der Waals surface area (Å²) < 4.78 is 46.0. The molecule has 17 heavy (non-hydrogen) atoms. The molecular formula is C10H8BrF3O3. The Morgan fingerprint density at radius 1 is 1.47 bits per heavy atom. The van der Waals surface area contributed by atoms with Crippen LogP contribution in [0.4, 0.5) is 13.2 Å². The van der Waals surface area contributed by atoms with Crippen molar-refractivity contribution in [2.45, 2.75) is 13.0 Å². The van der Waals surface area contributed by atoms with Gasteiger partial charge in [0.25, 0.3) is 0 Å². The zero-order chi connectivity index (χ0) is 13.0. The molecule has 0 radical (unpaired) electrons. The molecule has 0 aliphatic rings. The summed E-state index contributed by atoms with van der Waals surface area (Å²) in [7, 11) is 1.15. The average Bonchev–Trinajstić information content (AvgIpc) is 2.27. The van der Waals surface area contributed by atoms with Crippen molar-refractivity contribution in [2.75, 3.05) is 7.11 Å². The maximum absolute atomic E-state index is 13.4. The molecule has 1 aromatic rings. The van der Waals surface area contributed by atoms with Crippen LogP contribution in [0.3, 0.4) is 0 Å². The Hall–Kier alpha value is -1.24. The van der Waals surface area contributed by atoms with Gasteiger partial charge in [0.1, 0.15) is 11.6 Å². The number of hydrogen-bond donors (Lipinski definition) is 0. The molecule has 0 aliphatic carbocycles. The zero-order valence-corrected chi connectivity index (χ0v) is 10.3. The zero-order valence-electron chi connectivity index (χ0n) is 8.68. The van der Waals surface area contributed by atoms with Crippen LogP contribution in [0.15, 0.2) is 16.6 Å². The van der Waals surface area contributed by atoms with E-state index in [0.717, 1.165) is 19.2 Å². The van der Waals surface area contributed by atoms with Crippen molar-refractivity contribution in [2.24, 2.45) is 0 Å². The van der Waals surface area contributed by atoms with E-state index in [2.05, 4.69) is 25.4 Å². The lowest BCUT2D eigenvalue weighted by atomic mass is 10.1. The summed E-state index contributed by atoms with van der Waals surface area (Å²) in [4.78, 5) is 11.0. The Morgan fingerprint density at radius 3 is 2.65 bits per heavy atom. The molecule has 94 valence electrons. The van der Waals surface area contributed by atoms with Gasteiger partial charge in [0, 0.05) is 5.56 Å². The maximum atomic E-state index is 13.4. The Kier molecular flexibility index (Phi) is 4.80. The van der Waals surface area contributed by atoms with Gasteiger partial charge in [0.15, 0.2) is 0 Å². The van der Waals surface area contributed by atoms with E-state index in [0.29, 0.717) is 0 Å². The first-order chi connectivity index (χ1) is 7.95. The fraction of sp³-hybridized carbons (Fsp3) is 0.300. The van der Waals surface area contributed by atoms with Gasteiger partial charge < -0.3 is 9.47 Å². The van der Waals surface area contributed by atoms with Gasteiger partial charge in [-0.2, -0.15) is 8.78 Å². The minimum atomic E-state index is -3.03. The van der Waals surface area contributed by atoms with Crippen LogP contribution in [0.1, 0.15) is 5.56 Å². The minimum absolute atomic E-state index is 0.0248. The first-order valence-corrected chi connectivity index (χ1v) is 5.23. The maximum Gasteiger partial charge on any atom is 0.387 e. The normalized spacial score (nSPS) is 10.5. The van der Waals surface area contributed by atoms with Gasteiger partial charge >= 0.3 is 12.6 Å². The SMILES string of the molecule is COC(=O)Cc1c(F)ccc(OC(F)F)c1Br. The molecule has 0 spiro atoms. The molecule has 7 heteroatoms. The fourth-order valence-electron chi connectivity index (χ4n) is 1.14. The van der Waals surface area contributed by atoms with Crippen molar-refractivity contribution >= 4 is 21.9 Å². The highest BCUT2D eigenvalue weighted by atomic mass is 79.9. The Bertz CT molecular complexity index is 424. The molecule has 1 rings (SSSR count). The highest BCUT2D eigenvalue weighted by Gasteiger charge is 2.17. The quantitative estimate of drug-likeness (QED) is 0.802. The predicted octanol–water partition coefficient (Wildman–Crippen LogP) is 2.91. The molecule has 3 nitrogen and oxygen atoms in total. The highest BCUT2D eigenvalue weighted by molar-refractivity contribution is 9.10. The molecule has 0 fully saturated rings. The monoisotopic (exact) mass is 312 g/mol. The van der Waals surface area contributed by atoms with Crippen LogP contribution in [0.5, 0.6) is 5.75 Å².